The van der Waals surface area contributed by atoms with Crippen LogP contribution in [0.5, 0.6) is 0 Å². The van der Waals surface area contributed by atoms with Gasteiger partial charge in [-0.05, 0) is 50.1 Å². The SMILES string of the molecule is Cc1ccc(NS(=O)(=O)c2cc3c(=O)[nH]nc(C)n3c2)cc1C. The van der Waals surface area contributed by atoms with Crippen LogP contribution >= 0.6 is 0 Å². The molecule has 0 atom stereocenters. The fourth-order valence-corrected chi connectivity index (χ4v) is 3.36. The van der Waals surface area contributed by atoms with Crippen molar-refractivity contribution in [3.8, 4) is 0 Å². The second kappa shape index (κ2) is 5.24. The van der Waals surface area contributed by atoms with Crippen LogP contribution in [-0.4, -0.2) is 23.0 Å². The smallest absolute Gasteiger partial charge is 0.288 e. The zero-order chi connectivity index (χ0) is 16.8. The van der Waals surface area contributed by atoms with E-state index in [1.165, 1.54) is 16.7 Å². The van der Waals surface area contributed by atoms with E-state index in [-0.39, 0.29) is 10.4 Å². The van der Waals surface area contributed by atoms with Crippen LogP contribution in [0.2, 0.25) is 0 Å². The van der Waals surface area contributed by atoms with Crippen molar-refractivity contribution in [2.75, 3.05) is 4.72 Å². The third-order valence-corrected chi connectivity index (χ3v) is 5.11. The molecule has 0 saturated carbocycles. The van der Waals surface area contributed by atoms with Gasteiger partial charge in [0.2, 0.25) is 0 Å². The van der Waals surface area contributed by atoms with Gasteiger partial charge in [0.15, 0.2) is 0 Å². The van der Waals surface area contributed by atoms with Crippen molar-refractivity contribution in [3.63, 3.8) is 0 Å². The largest absolute Gasteiger partial charge is 0.298 e. The number of hydrogen-bond acceptors (Lipinski definition) is 4. The van der Waals surface area contributed by atoms with Crippen molar-refractivity contribution in [1.29, 1.82) is 0 Å². The minimum atomic E-state index is -3.79. The van der Waals surface area contributed by atoms with E-state index in [4.69, 9.17) is 0 Å². The summed E-state index contributed by atoms with van der Waals surface area (Å²) in [6, 6.07) is 6.65. The number of aromatic amines is 1. The van der Waals surface area contributed by atoms with Crippen molar-refractivity contribution in [3.05, 3.63) is 57.8 Å². The number of H-pyrrole nitrogens is 1. The summed E-state index contributed by atoms with van der Waals surface area (Å²) in [6.45, 7) is 5.54. The van der Waals surface area contributed by atoms with E-state index in [2.05, 4.69) is 14.9 Å². The van der Waals surface area contributed by atoms with E-state index >= 15 is 0 Å². The molecular formula is C15H16N4O3S. The predicted molar refractivity (Wildman–Crippen MR) is 87.3 cm³/mol. The molecule has 7 nitrogen and oxygen atoms in total. The molecule has 0 aliphatic carbocycles. The van der Waals surface area contributed by atoms with Gasteiger partial charge in [-0.2, -0.15) is 5.10 Å². The van der Waals surface area contributed by atoms with E-state index in [1.54, 1.807) is 19.1 Å². The fourth-order valence-electron chi connectivity index (χ4n) is 2.29. The summed E-state index contributed by atoms with van der Waals surface area (Å²) in [5, 5.41) is 6.15. The Hall–Kier alpha value is -2.61. The Balaban J connectivity index is 2.06. The average molecular weight is 332 g/mol. The molecule has 0 radical (unpaired) electrons. The number of fused-ring (bicyclic) bond motifs is 1. The molecule has 2 heterocycles. The normalized spacial score (nSPS) is 11.8. The lowest BCUT2D eigenvalue weighted by molar-refractivity contribution is 0.601. The van der Waals surface area contributed by atoms with Crippen LogP contribution in [0, 0.1) is 20.8 Å². The highest BCUT2D eigenvalue weighted by Crippen LogP contribution is 2.20. The molecule has 0 unspecified atom stereocenters. The van der Waals surface area contributed by atoms with Gasteiger partial charge in [-0.25, -0.2) is 13.5 Å². The van der Waals surface area contributed by atoms with Crippen molar-refractivity contribution in [2.45, 2.75) is 25.7 Å². The lowest BCUT2D eigenvalue weighted by Crippen LogP contribution is -2.12. The van der Waals surface area contributed by atoms with Gasteiger partial charge in [-0.3, -0.25) is 13.9 Å². The van der Waals surface area contributed by atoms with Crippen LogP contribution in [0.1, 0.15) is 17.0 Å². The van der Waals surface area contributed by atoms with Gasteiger partial charge >= 0.3 is 0 Å². The zero-order valence-corrected chi connectivity index (χ0v) is 13.7. The molecule has 0 aliphatic heterocycles. The van der Waals surface area contributed by atoms with Crippen molar-refractivity contribution in [2.24, 2.45) is 0 Å². The molecule has 120 valence electrons. The maximum atomic E-state index is 12.5. The second-order valence-electron chi connectivity index (χ2n) is 5.44. The third-order valence-electron chi connectivity index (χ3n) is 3.76. The van der Waals surface area contributed by atoms with Crippen LogP contribution in [-0.2, 0) is 10.0 Å². The number of nitrogens with one attached hydrogen (secondary N) is 2. The van der Waals surface area contributed by atoms with Gasteiger partial charge in [0.05, 0.1) is 0 Å². The summed E-state index contributed by atoms with van der Waals surface area (Å²) in [4.78, 5) is 11.8. The molecule has 8 heteroatoms. The number of nitrogens with zero attached hydrogens (tertiary/aromatic N) is 2. The molecule has 3 aromatic rings. The Morgan fingerprint density at radius 1 is 1.13 bits per heavy atom. The number of rotatable bonds is 3. The molecule has 2 N–H and O–H groups in total. The van der Waals surface area contributed by atoms with Gasteiger partial charge in [-0.15, -0.1) is 0 Å². The van der Waals surface area contributed by atoms with E-state index < -0.39 is 15.6 Å². The summed E-state index contributed by atoms with van der Waals surface area (Å²) >= 11 is 0. The van der Waals surface area contributed by atoms with Gasteiger partial charge in [-0.1, -0.05) is 6.07 Å². The number of benzene rings is 1. The molecule has 23 heavy (non-hydrogen) atoms. The lowest BCUT2D eigenvalue weighted by Gasteiger charge is -2.08. The Labute approximate surface area is 133 Å². The van der Waals surface area contributed by atoms with E-state index in [0.29, 0.717) is 11.5 Å². The zero-order valence-electron chi connectivity index (χ0n) is 12.9. The third kappa shape index (κ3) is 2.72. The van der Waals surface area contributed by atoms with Gasteiger partial charge in [0.1, 0.15) is 16.2 Å². The van der Waals surface area contributed by atoms with Crippen molar-refractivity contribution >= 4 is 21.2 Å². The van der Waals surface area contributed by atoms with Crippen LogP contribution in [0.15, 0.2) is 40.2 Å². The highest BCUT2D eigenvalue weighted by atomic mass is 32.2. The Morgan fingerprint density at radius 2 is 1.87 bits per heavy atom. The van der Waals surface area contributed by atoms with Crippen LogP contribution < -0.4 is 10.3 Å². The topological polar surface area (TPSA) is 96.3 Å². The summed E-state index contributed by atoms with van der Waals surface area (Å²) in [5.74, 6) is 0.493. The van der Waals surface area contributed by atoms with Gasteiger partial charge in [0, 0.05) is 11.9 Å². The fraction of sp³-hybridized carbons (Fsp3) is 0.200. The Kier molecular flexibility index (Phi) is 3.48. The molecule has 3 rings (SSSR count). The van der Waals surface area contributed by atoms with E-state index in [9.17, 15) is 13.2 Å². The van der Waals surface area contributed by atoms with Crippen molar-refractivity contribution in [1.82, 2.24) is 14.6 Å². The highest BCUT2D eigenvalue weighted by molar-refractivity contribution is 7.92. The van der Waals surface area contributed by atoms with Gasteiger partial charge < -0.3 is 0 Å². The number of aromatic nitrogens is 3. The summed E-state index contributed by atoms with van der Waals surface area (Å²) < 4.78 is 29.0. The van der Waals surface area contributed by atoms with Gasteiger partial charge in [0.25, 0.3) is 15.6 Å². The number of aryl methyl sites for hydroxylation is 3. The molecule has 0 spiro atoms. The minimum absolute atomic E-state index is 0.0114. The standard InChI is InChI=1S/C15H16N4O3S/c1-9-4-5-12(6-10(9)2)18-23(21,22)13-7-14-15(20)17-16-11(3)19(14)8-13/h4-8,18H,1-3H3,(H,17,20). The van der Waals surface area contributed by atoms with E-state index in [0.717, 1.165) is 11.1 Å². The second-order valence-corrected chi connectivity index (χ2v) is 7.12. The number of anilines is 1. The van der Waals surface area contributed by atoms with Crippen LogP contribution in [0.4, 0.5) is 5.69 Å². The van der Waals surface area contributed by atoms with Crippen molar-refractivity contribution < 1.29 is 8.42 Å². The number of sulfonamides is 1. The first-order valence-electron chi connectivity index (χ1n) is 6.95. The van der Waals surface area contributed by atoms with Crippen LogP contribution in [0.3, 0.4) is 0 Å². The maximum absolute atomic E-state index is 12.5. The first kappa shape index (κ1) is 15.3. The molecule has 0 saturated heterocycles. The molecule has 0 aliphatic rings. The Bertz CT molecular complexity index is 1060. The molecular weight excluding hydrogens is 316 g/mol. The number of hydrogen-bond donors (Lipinski definition) is 2. The highest BCUT2D eigenvalue weighted by Gasteiger charge is 2.18. The quantitative estimate of drug-likeness (QED) is 0.763. The monoisotopic (exact) mass is 332 g/mol. The molecule has 1 aromatic carbocycles. The minimum Gasteiger partial charge on any atom is -0.298 e. The Morgan fingerprint density at radius 3 is 2.52 bits per heavy atom. The first-order valence-corrected chi connectivity index (χ1v) is 8.44. The van der Waals surface area contributed by atoms with Crippen LogP contribution in [0.25, 0.3) is 5.52 Å². The summed E-state index contributed by atoms with van der Waals surface area (Å²) in [5.41, 5.74) is 2.34. The first-order chi connectivity index (χ1) is 10.8. The predicted octanol–water partition coefficient (Wildman–Crippen LogP) is 1.75. The molecule has 0 bridgehead atoms. The lowest BCUT2D eigenvalue weighted by atomic mass is 10.1. The van der Waals surface area contributed by atoms with E-state index in [1.807, 2.05) is 19.9 Å². The maximum Gasteiger partial charge on any atom is 0.288 e. The summed E-state index contributed by atoms with van der Waals surface area (Å²) in [7, 11) is -3.79. The molecule has 0 fully saturated rings. The summed E-state index contributed by atoms with van der Waals surface area (Å²) in [6.07, 6.45) is 1.39. The average Bonchev–Trinajstić information content (AvgIpc) is 2.94. The molecule has 0 amide bonds. The molecule has 2 aromatic heterocycles.